The minimum Gasteiger partial charge on any atom is -0.444 e. The lowest BCUT2D eigenvalue weighted by Crippen LogP contribution is -2.44. The van der Waals surface area contributed by atoms with Gasteiger partial charge in [-0.15, -0.1) is 0 Å². The predicted octanol–water partition coefficient (Wildman–Crippen LogP) is 4.49. The second-order valence-electron chi connectivity index (χ2n) is 7.04. The lowest BCUT2D eigenvalue weighted by atomic mass is 10.1. The summed E-state index contributed by atoms with van der Waals surface area (Å²) >= 11 is 3.58. The molecule has 0 spiro atoms. The van der Waals surface area contributed by atoms with E-state index in [2.05, 4.69) is 46.4 Å². The molecule has 0 bridgehead atoms. The number of benzene rings is 1. The third-order valence-electron chi connectivity index (χ3n) is 3.30. The fourth-order valence-corrected chi connectivity index (χ4v) is 2.73. The van der Waals surface area contributed by atoms with Gasteiger partial charge >= 0.3 is 6.09 Å². The molecule has 0 saturated carbocycles. The number of ether oxygens (including phenoxy) is 1. The Labute approximate surface area is 148 Å². The summed E-state index contributed by atoms with van der Waals surface area (Å²) in [4.78, 5) is 14.0. The first-order valence-corrected chi connectivity index (χ1v) is 8.85. The van der Waals surface area contributed by atoms with Gasteiger partial charge in [-0.1, -0.05) is 28.1 Å². The summed E-state index contributed by atoms with van der Waals surface area (Å²) in [5.74, 6) is 0. The zero-order chi connectivity index (χ0) is 17.6. The van der Waals surface area contributed by atoms with Crippen molar-refractivity contribution in [3.8, 4) is 0 Å². The van der Waals surface area contributed by atoms with Crippen molar-refractivity contribution in [1.29, 1.82) is 0 Å². The Kier molecular flexibility index (Phi) is 7.55. The van der Waals surface area contributed by atoms with Gasteiger partial charge in [-0.3, -0.25) is 0 Å². The highest BCUT2D eigenvalue weighted by Gasteiger charge is 2.23. The summed E-state index contributed by atoms with van der Waals surface area (Å²) in [6, 6.07) is 6.43. The van der Waals surface area contributed by atoms with E-state index in [-0.39, 0.29) is 12.1 Å². The molecule has 0 fully saturated rings. The van der Waals surface area contributed by atoms with Crippen LogP contribution < -0.4 is 5.32 Å². The van der Waals surface area contributed by atoms with Crippen LogP contribution in [0.15, 0.2) is 22.7 Å². The molecule has 0 heterocycles. The van der Waals surface area contributed by atoms with Crippen LogP contribution in [0.4, 0.5) is 4.79 Å². The van der Waals surface area contributed by atoms with Crippen LogP contribution >= 0.6 is 15.9 Å². The van der Waals surface area contributed by atoms with E-state index < -0.39 is 5.60 Å². The molecule has 1 aromatic rings. The monoisotopic (exact) mass is 384 g/mol. The van der Waals surface area contributed by atoms with E-state index >= 15 is 0 Å². The van der Waals surface area contributed by atoms with Crippen molar-refractivity contribution in [2.24, 2.45) is 0 Å². The average molecular weight is 385 g/mol. The first-order chi connectivity index (χ1) is 10.6. The number of halogens is 1. The molecule has 0 saturated heterocycles. The smallest absolute Gasteiger partial charge is 0.410 e. The second kappa shape index (κ2) is 8.69. The number of amides is 1. The van der Waals surface area contributed by atoms with E-state index in [1.807, 2.05) is 34.6 Å². The van der Waals surface area contributed by atoms with E-state index in [4.69, 9.17) is 4.74 Å². The van der Waals surface area contributed by atoms with Gasteiger partial charge in [0.05, 0.1) is 0 Å². The molecule has 0 radical (unpaired) electrons. The third kappa shape index (κ3) is 7.36. The maximum Gasteiger partial charge on any atom is 0.410 e. The molecule has 4 nitrogen and oxygen atoms in total. The first kappa shape index (κ1) is 20.0. The molecule has 130 valence electrons. The van der Waals surface area contributed by atoms with E-state index in [1.54, 1.807) is 4.90 Å². The van der Waals surface area contributed by atoms with Gasteiger partial charge in [0, 0.05) is 30.1 Å². The molecule has 1 N–H and O–H groups in total. The fraction of sp³-hybridized carbons (Fsp3) is 0.611. The summed E-state index contributed by atoms with van der Waals surface area (Å²) in [5, 5.41) is 3.39. The summed E-state index contributed by atoms with van der Waals surface area (Å²) in [7, 11) is 0. The molecule has 0 atom stereocenters. The second-order valence-corrected chi connectivity index (χ2v) is 7.89. The van der Waals surface area contributed by atoms with Gasteiger partial charge in [0.15, 0.2) is 0 Å². The number of rotatable bonds is 6. The molecule has 0 aliphatic heterocycles. The minimum atomic E-state index is -0.468. The van der Waals surface area contributed by atoms with Crippen molar-refractivity contribution in [3.05, 3.63) is 33.8 Å². The summed E-state index contributed by atoms with van der Waals surface area (Å²) < 4.78 is 6.57. The van der Waals surface area contributed by atoms with Crippen molar-refractivity contribution >= 4 is 22.0 Å². The lowest BCUT2D eigenvalue weighted by Gasteiger charge is -2.30. The molecule has 1 amide bonds. The minimum absolute atomic E-state index is 0.109. The van der Waals surface area contributed by atoms with E-state index in [1.165, 1.54) is 11.1 Å². The van der Waals surface area contributed by atoms with Crippen LogP contribution in [-0.4, -0.2) is 35.7 Å². The van der Waals surface area contributed by atoms with Gasteiger partial charge in [0.2, 0.25) is 0 Å². The van der Waals surface area contributed by atoms with Crippen molar-refractivity contribution in [2.45, 2.75) is 59.7 Å². The summed E-state index contributed by atoms with van der Waals surface area (Å²) in [6.45, 7) is 13.8. The SMILES string of the molecule is Cc1ccc(CNCCN(C(=O)OC(C)(C)C)C(C)C)c(Br)c1. The number of hydrogen-bond donors (Lipinski definition) is 1. The Hall–Kier alpha value is -1.07. The van der Waals surface area contributed by atoms with Crippen molar-refractivity contribution in [1.82, 2.24) is 10.2 Å². The largest absolute Gasteiger partial charge is 0.444 e. The Morgan fingerprint density at radius 2 is 2.00 bits per heavy atom. The number of nitrogens with zero attached hydrogens (tertiary/aromatic N) is 1. The lowest BCUT2D eigenvalue weighted by molar-refractivity contribution is 0.0193. The Morgan fingerprint density at radius 3 is 2.52 bits per heavy atom. The Morgan fingerprint density at radius 1 is 1.35 bits per heavy atom. The molecule has 0 aliphatic carbocycles. The molecular formula is C18H29BrN2O2. The Bertz CT molecular complexity index is 524. The summed E-state index contributed by atoms with van der Waals surface area (Å²) in [5.41, 5.74) is 1.98. The normalized spacial score (nSPS) is 11.7. The molecule has 0 aliphatic rings. The van der Waals surface area contributed by atoms with Crippen molar-refractivity contribution in [2.75, 3.05) is 13.1 Å². The topological polar surface area (TPSA) is 41.6 Å². The molecular weight excluding hydrogens is 356 g/mol. The zero-order valence-corrected chi connectivity index (χ0v) is 16.7. The first-order valence-electron chi connectivity index (χ1n) is 8.05. The van der Waals surface area contributed by atoms with Crippen LogP contribution in [-0.2, 0) is 11.3 Å². The number of carbonyl (C=O) groups is 1. The molecule has 1 rings (SSSR count). The van der Waals surface area contributed by atoms with Crippen LogP contribution in [0, 0.1) is 6.92 Å². The maximum absolute atomic E-state index is 12.2. The summed E-state index contributed by atoms with van der Waals surface area (Å²) in [6.07, 6.45) is -0.259. The van der Waals surface area contributed by atoms with Crippen molar-refractivity contribution < 1.29 is 9.53 Å². The van der Waals surface area contributed by atoms with Gasteiger partial charge in [0.1, 0.15) is 5.60 Å². The van der Waals surface area contributed by atoms with Crippen LogP contribution in [0.3, 0.4) is 0 Å². The van der Waals surface area contributed by atoms with Crippen LogP contribution in [0.1, 0.15) is 45.7 Å². The quantitative estimate of drug-likeness (QED) is 0.734. The van der Waals surface area contributed by atoms with E-state index in [0.29, 0.717) is 6.54 Å². The fourth-order valence-electron chi connectivity index (χ4n) is 2.10. The van der Waals surface area contributed by atoms with Gasteiger partial charge in [-0.25, -0.2) is 4.79 Å². The van der Waals surface area contributed by atoms with Gasteiger partial charge in [-0.2, -0.15) is 0 Å². The average Bonchev–Trinajstić information content (AvgIpc) is 2.38. The molecule has 0 aromatic heterocycles. The number of aryl methyl sites for hydroxylation is 1. The van der Waals surface area contributed by atoms with Gasteiger partial charge in [0.25, 0.3) is 0 Å². The van der Waals surface area contributed by atoms with E-state index in [9.17, 15) is 4.79 Å². The van der Waals surface area contributed by atoms with Crippen LogP contribution in [0.25, 0.3) is 0 Å². The highest BCUT2D eigenvalue weighted by Crippen LogP contribution is 2.18. The van der Waals surface area contributed by atoms with Gasteiger partial charge < -0.3 is 15.0 Å². The molecule has 23 heavy (non-hydrogen) atoms. The standard InChI is InChI=1S/C18H29BrN2O2/c1-13(2)21(17(22)23-18(4,5)6)10-9-20-12-15-8-7-14(3)11-16(15)19/h7-8,11,13,20H,9-10,12H2,1-6H3. The maximum atomic E-state index is 12.2. The highest BCUT2D eigenvalue weighted by molar-refractivity contribution is 9.10. The number of carbonyl (C=O) groups excluding carboxylic acids is 1. The zero-order valence-electron chi connectivity index (χ0n) is 15.1. The number of hydrogen-bond acceptors (Lipinski definition) is 3. The van der Waals surface area contributed by atoms with Crippen molar-refractivity contribution in [3.63, 3.8) is 0 Å². The Balaban J connectivity index is 2.48. The van der Waals surface area contributed by atoms with Gasteiger partial charge in [-0.05, 0) is 58.7 Å². The third-order valence-corrected chi connectivity index (χ3v) is 4.04. The van der Waals surface area contributed by atoms with E-state index in [0.717, 1.165) is 17.6 Å². The molecule has 5 heteroatoms. The highest BCUT2D eigenvalue weighted by atomic mass is 79.9. The predicted molar refractivity (Wildman–Crippen MR) is 98.7 cm³/mol. The molecule has 0 unspecified atom stereocenters. The van der Waals surface area contributed by atoms with Crippen LogP contribution in [0.5, 0.6) is 0 Å². The molecule has 1 aromatic carbocycles. The number of nitrogens with one attached hydrogen (secondary N) is 1. The van der Waals surface area contributed by atoms with Crippen LogP contribution in [0.2, 0.25) is 0 Å².